The second kappa shape index (κ2) is 3.45. The number of rotatable bonds is 1. The smallest absolute Gasteiger partial charge is 0.244 e. The van der Waals surface area contributed by atoms with Crippen molar-refractivity contribution in [1.29, 1.82) is 0 Å². The lowest BCUT2D eigenvalue weighted by molar-refractivity contribution is 0.0941. The zero-order valence-electron chi connectivity index (χ0n) is 8.67. The number of aryl methyl sites for hydroxylation is 1. The second-order valence-electron chi connectivity index (χ2n) is 3.69. The number of carbonyl (C=O) groups is 1. The molecule has 0 bridgehead atoms. The third-order valence-electron chi connectivity index (χ3n) is 2.52. The van der Waals surface area contributed by atoms with Crippen molar-refractivity contribution in [3.8, 4) is 11.4 Å². The first-order valence-corrected chi connectivity index (χ1v) is 5.93. The summed E-state index contributed by atoms with van der Waals surface area (Å²) in [7, 11) is 0. The van der Waals surface area contributed by atoms with Gasteiger partial charge in [-0.25, -0.2) is 4.57 Å². The maximum Gasteiger partial charge on any atom is 0.244 e. The van der Waals surface area contributed by atoms with Crippen LogP contribution < -0.4 is 0 Å². The van der Waals surface area contributed by atoms with Gasteiger partial charge in [-0.1, -0.05) is 41.6 Å². The molecule has 0 N–H and O–H groups in total. The van der Waals surface area contributed by atoms with Crippen molar-refractivity contribution in [3.63, 3.8) is 0 Å². The van der Waals surface area contributed by atoms with E-state index in [0.29, 0.717) is 16.7 Å². The number of nitrogens with zero attached hydrogens (tertiary/aromatic N) is 3. The van der Waals surface area contributed by atoms with Crippen molar-refractivity contribution in [2.45, 2.75) is 12.1 Å². The number of hydrogen-bond acceptors (Lipinski definition) is 4. The van der Waals surface area contributed by atoms with E-state index in [1.165, 1.54) is 17.3 Å². The molecule has 0 aliphatic carbocycles. The molecule has 0 atom stereocenters. The van der Waals surface area contributed by atoms with E-state index in [9.17, 15) is 4.79 Å². The Kier molecular flexibility index (Phi) is 2.07. The Hall–Kier alpha value is -1.62. The number of aromatic nitrogens is 3. The first kappa shape index (κ1) is 9.59. The highest BCUT2D eigenvalue weighted by Crippen LogP contribution is 2.29. The number of fused-ring (bicyclic) bond motifs is 1. The lowest BCUT2D eigenvalue weighted by Gasteiger charge is -2.01. The van der Waals surface area contributed by atoms with E-state index in [0.717, 1.165) is 5.56 Å². The average molecular weight is 231 g/mol. The molecule has 0 amide bonds. The van der Waals surface area contributed by atoms with E-state index < -0.39 is 0 Å². The van der Waals surface area contributed by atoms with Crippen LogP contribution in [0, 0.1) is 6.92 Å². The van der Waals surface area contributed by atoms with Crippen molar-refractivity contribution < 1.29 is 4.79 Å². The van der Waals surface area contributed by atoms with E-state index in [1.54, 1.807) is 4.57 Å². The Labute approximate surface area is 96.7 Å². The Morgan fingerprint density at radius 1 is 1.25 bits per heavy atom. The molecule has 1 aromatic carbocycles. The van der Waals surface area contributed by atoms with Gasteiger partial charge in [0.2, 0.25) is 5.91 Å². The standard InChI is InChI=1S/C11H9N3OS/c1-7-2-4-8(5-3-7)10-12-13-11-14(10)9(15)6-16-11/h2-5H,6H2,1H3. The fourth-order valence-corrected chi connectivity index (χ4v) is 2.47. The van der Waals surface area contributed by atoms with Gasteiger partial charge in [-0.15, -0.1) is 10.2 Å². The van der Waals surface area contributed by atoms with Crippen LogP contribution in [0.1, 0.15) is 10.4 Å². The minimum absolute atomic E-state index is 0.0561. The Morgan fingerprint density at radius 2 is 2.00 bits per heavy atom. The third kappa shape index (κ3) is 1.36. The molecule has 80 valence electrons. The number of benzene rings is 1. The molecule has 0 saturated heterocycles. The molecule has 0 unspecified atom stereocenters. The summed E-state index contributed by atoms with van der Waals surface area (Å²) in [4.78, 5) is 11.6. The molecule has 16 heavy (non-hydrogen) atoms. The van der Waals surface area contributed by atoms with Gasteiger partial charge in [0, 0.05) is 5.56 Å². The van der Waals surface area contributed by atoms with E-state index >= 15 is 0 Å². The fraction of sp³-hybridized carbons (Fsp3) is 0.182. The predicted molar refractivity (Wildman–Crippen MR) is 61.5 cm³/mol. The van der Waals surface area contributed by atoms with Crippen LogP contribution in [0.5, 0.6) is 0 Å². The van der Waals surface area contributed by atoms with Crippen LogP contribution >= 0.6 is 11.8 Å². The molecule has 0 saturated carbocycles. The van der Waals surface area contributed by atoms with Crippen LogP contribution in [-0.2, 0) is 0 Å². The maximum absolute atomic E-state index is 11.6. The van der Waals surface area contributed by atoms with Gasteiger partial charge < -0.3 is 0 Å². The summed E-state index contributed by atoms with van der Waals surface area (Å²) in [5.74, 6) is 1.16. The van der Waals surface area contributed by atoms with Gasteiger partial charge >= 0.3 is 0 Å². The van der Waals surface area contributed by atoms with Crippen LogP contribution in [0.25, 0.3) is 11.4 Å². The van der Waals surface area contributed by atoms with Crippen molar-refractivity contribution in [2.75, 3.05) is 5.75 Å². The van der Waals surface area contributed by atoms with E-state index in [-0.39, 0.29) is 5.91 Å². The number of thioether (sulfide) groups is 1. The van der Waals surface area contributed by atoms with Crippen molar-refractivity contribution in [3.05, 3.63) is 29.8 Å². The molecule has 0 spiro atoms. The molecule has 0 radical (unpaired) electrons. The molecule has 1 aliphatic heterocycles. The van der Waals surface area contributed by atoms with Crippen LogP contribution in [0.3, 0.4) is 0 Å². The van der Waals surface area contributed by atoms with E-state index in [1.807, 2.05) is 31.2 Å². The highest BCUT2D eigenvalue weighted by atomic mass is 32.2. The molecule has 4 nitrogen and oxygen atoms in total. The topological polar surface area (TPSA) is 47.8 Å². The molecule has 3 rings (SSSR count). The lowest BCUT2D eigenvalue weighted by Crippen LogP contribution is -2.08. The Balaban J connectivity index is 2.14. The summed E-state index contributed by atoms with van der Waals surface area (Å²) in [6, 6.07) is 7.93. The Morgan fingerprint density at radius 3 is 2.75 bits per heavy atom. The van der Waals surface area contributed by atoms with Crippen LogP contribution in [0.4, 0.5) is 0 Å². The first-order valence-electron chi connectivity index (χ1n) is 4.94. The largest absolute Gasteiger partial charge is 0.273 e. The quantitative estimate of drug-likeness (QED) is 0.753. The summed E-state index contributed by atoms with van der Waals surface area (Å²) < 4.78 is 1.59. The van der Waals surface area contributed by atoms with Crippen molar-refractivity contribution >= 4 is 17.7 Å². The number of carbonyl (C=O) groups excluding carboxylic acids is 1. The zero-order chi connectivity index (χ0) is 11.1. The zero-order valence-corrected chi connectivity index (χ0v) is 9.49. The van der Waals surface area contributed by atoms with Gasteiger partial charge in [0.1, 0.15) is 0 Å². The van der Waals surface area contributed by atoms with Gasteiger partial charge in [0.15, 0.2) is 11.0 Å². The Bertz CT molecular complexity index is 559. The highest BCUT2D eigenvalue weighted by molar-refractivity contribution is 8.00. The van der Waals surface area contributed by atoms with Crippen LogP contribution in [0.15, 0.2) is 29.4 Å². The normalized spacial score (nSPS) is 14.2. The third-order valence-corrected chi connectivity index (χ3v) is 3.43. The van der Waals surface area contributed by atoms with Gasteiger partial charge in [-0.2, -0.15) is 0 Å². The van der Waals surface area contributed by atoms with E-state index in [2.05, 4.69) is 10.2 Å². The molecule has 2 heterocycles. The molecule has 2 aromatic rings. The molecular formula is C11H9N3OS. The van der Waals surface area contributed by atoms with Gasteiger partial charge in [0.05, 0.1) is 5.75 Å². The highest BCUT2D eigenvalue weighted by Gasteiger charge is 2.26. The minimum atomic E-state index is 0.0561. The van der Waals surface area contributed by atoms with Crippen molar-refractivity contribution in [1.82, 2.24) is 14.8 Å². The summed E-state index contributed by atoms with van der Waals surface area (Å²) in [5.41, 5.74) is 2.12. The predicted octanol–water partition coefficient (Wildman–Crippen LogP) is 2.00. The minimum Gasteiger partial charge on any atom is -0.273 e. The van der Waals surface area contributed by atoms with Gasteiger partial charge in [-0.3, -0.25) is 4.79 Å². The molecule has 1 aliphatic rings. The molecule has 1 aromatic heterocycles. The first-order chi connectivity index (χ1) is 7.75. The summed E-state index contributed by atoms with van der Waals surface area (Å²) >= 11 is 1.43. The average Bonchev–Trinajstić information content (AvgIpc) is 2.84. The molecule has 5 heteroatoms. The van der Waals surface area contributed by atoms with Gasteiger partial charge in [0.25, 0.3) is 0 Å². The summed E-state index contributed by atoms with van der Waals surface area (Å²) in [6.45, 7) is 2.03. The van der Waals surface area contributed by atoms with E-state index in [4.69, 9.17) is 0 Å². The summed E-state index contributed by atoms with van der Waals surface area (Å²) in [6.07, 6.45) is 0. The number of hydrogen-bond donors (Lipinski definition) is 0. The van der Waals surface area contributed by atoms with Crippen LogP contribution in [-0.4, -0.2) is 26.4 Å². The van der Waals surface area contributed by atoms with Gasteiger partial charge in [-0.05, 0) is 6.92 Å². The summed E-state index contributed by atoms with van der Waals surface area (Å²) in [5, 5.41) is 8.76. The SMILES string of the molecule is Cc1ccc(-c2nnc3n2C(=O)CS3)cc1. The molecular weight excluding hydrogens is 222 g/mol. The van der Waals surface area contributed by atoms with Crippen molar-refractivity contribution in [2.24, 2.45) is 0 Å². The van der Waals surface area contributed by atoms with Crippen LogP contribution in [0.2, 0.25) is 0 Å². The monoisotopic (exact) mass is 231 g/mol. The second-order valence-corrected chi connectivity index (χ2v) is 4.63. The maximum atomic E-state index is 11.6. The molecule has 0 fully saturated rings. The lowest BCUT2D eigenvalue weighted by atomic mass is 10.1. The fourth-order valence-electron chi connectivity index (χ4n) is 1.67.